The topological polar surface area (TPSA) is 24.1 Å². The molecule has 1 rings (SSSR count). The molecule has 0 aliphatic heterocycles. The molecule has 1 aromatic rings. The number of nitrogens with one attached hydrogen (secondary N) is 2. The fraction of sp³-hybridized carbons (Fsp3) is 0.625. The van der Waals surface area contributed by atoms with Gasteiger partial charge >= 0.3 is 0 Å². The predicted molar refractivity (Wildman–Crippen MR) is 87.7 cm³/mol. The van der Waals surface area contributed by atoms with Gasteiger partial charge in [-0.05, 0) is 43.8 Å². The van der Waals surface area contributed by atoms with Crippen molar-refractivity contribution >= 4 is 15.9 Å². The van der Waals surface area contributed by atoms with E-state index in [0.717, 1.165) is 24.1 Å². The van der Waals surface area contributed by atoms with E-state index in [4.69, 9.17) is 0 Å². The van der Waals surface area contributed by atoms with E-state index in [1.54, 1.807) is 0 Å². The summed E-state index contributed by atoms with van der Waals surface area (Å²) in [6, 6.07) is 8.65. The van der Waals surface area contributed by atoms with E-state index < -0.39 is 0 Å². The van der Waals surface area contributed by atoms with Gasteiger partial charge in [-0.2, -0.15) is 0 Å². The van der Waals surface area contributed by atoms with Gasteiger partial charge in [-0.15, -0.1) is 0 Å². The van der Waals surface area contributed by atoms with Crippen LogP contribution < -0.4 is 10.6 Å². The first-order valence-electron chi connectivity index (χ1n) is 7.11. The molecule has 1 unspecified atom stereocenters. The third-order valence-corrected chi connectivity index (χ3v) is 4.22. The summed E-state index contributed by atoms with van der Waals surface area (Å²) in [4.78, 5) is 0. The Labute approximate surface area is 126 Å². The number of hydrogen-bond acceptors (Lipinski definition) is 2. The van der Waals surface area contributed by atoms with Crippen molar-refractivity contribution < 1.29 is 0 Å². The molecule has 0 spiro atoms. The summed E-state index contributed by atoms with van der Waals surface area (Å²) < 4.78 is 1.14. The quantitative estimate of drug-likeness (QED) is 0.763. The van der Waals surface area contributed by atoms with Gasteiger partial charge in [0.15, 0.2) is 0 Å². The van der Waals surface area contributed by atoms with Crippen molar-refractivity contribution in [2.75, 3.05) is 26.7 Å². The van der Waals surface area contributed by atoms with Crippen LogP contribution in [0.3, 0.4) is 0 Å². The lowest BCUT2D eigenvalue weighted by atomic mass is 9.84. The predicted octanol–water partition coefficient (Wildman–Crippen LogP) is 3.56. The summed E-state index contributed by atoms with van der Waals surface area (Å²) in [6.45, 7) is 10.0. The van der Waals surface area contributed by atoms with Gasteiger partial charge in [-0.3, -0.25) is 0 Å². The molecule has 19 heavy (non-hydrogen) atoms. The Kier molecular flexibility index (Phi) is 7.05. The first-order valence-corrected chi connectivity index (χ1v) is 7.90. The van der Waals surface area contributed by atoms with Crippen LogP contribution in [0.15, 0.2) is 28.7 Å². The summed E-state index contributed by atoms with van der Waals surface area (Å²) in [5.74, 6) is 0.714. The maximum absolute atomic E-state index is 3.62. The third kappa shape index (κ3) is 5.64. The largest absolute Gasteiger partial charge is 0.319 e. The maximum Gasteiger partial charge on any atom is 0.0175 e. The van der Waals surface area contributed by atoms with Crippen LogP contribution in [0, 0.1) is 5.92 Å². The fourth-order valence-corrected chi connectivity index (χ4v) is 2.51. The van der Waals surface area contributed by atoms with Crippen LogP contribution in [-0.2, 0) is 5.41 Å². The molecule has 0 amide bonds. The van der Waals surface area contributed by atoms with Crippen molar-refractivity contribution in [3.63, 3.8) is 0 Å². The summed E-state index contributed by atoms with van der Waals surface area (Å²) >= 11 is 3.49. The molecule has 108 valence electrons. The summed E-state index contributed by atoms with van der Waals surface area (Å²) in [5.41, 5.74) is 1.54. The second-order valence-corrected chi connectivity index (χ2v) is 6.77. The minimum atomic E-state index is 0.165. The van der Waals surface area contributed by atoms with Gasteiger partial charge in [0, 0.05) is 16.4 Å². The number of rotatable bonds is 8. The zero-order valence-corrected chi connectivity index (χ0v) is 14.2. The third-order valence-electron chi connectivity index (χ3n) is 3.70. The molecular formula is C16H27BrN2. The molecule has 0 aliphatic carbocycles. The van der Waals surface area contributed by atoms with Crippen LogP contribution in [-0.4, -0.2) is 26.7 Å². The van der Waals surface area contributed by atoms with Gasteiger partial charge in [0.25, 0.3) is 0 Å². The lowest BCUT2D eigenvalue weighted by Crippen LogP contribution is -2.37. The number of benzene rings is 1. The van der Waals surface area contributed by atoms with E-state index in [0.29, 0.717) is 5.92 Å². The van der Waals surface area contributed by atoms with E-state index in [1.165, 1.54) is 12.0 Å². The van der Waals surface area contributed by atoms with Crippen LogP contribution in [0.1, 0.15) is 32.8 Å². The van der Waals surface area contributed by atoms with E-state index in [9.17, 15) is 0 Å². The van der Waals surface area contributed by atoms with Gasteiger partial charge in [-0.1, -0.05) is 55.3 Å². The Balaban J connectivity index is 2.48. The highest BCUT2D eigenvalue weighted by atomic mass is 79.9. The molecule has 0 aromatic heterocycles. The van der Waals surface area contributed by atoms with E-state index in [1.807, 2.05) is 7.05 Å². The van der Waals surface area contributed by atoms with Gasteiger partial charge in [-0.25, -0.2) is 0 Å². The number of halogens is 1. The molecular weight excluding hydrogens is 300 g/mol. The molecule has 0 saturated heterocycles. The SMILES string of the molecule is CCC(CNC)CNCC(C)(C)c1ccc(Br)cc1. The lowest BCUT2D eigenvalue weighted by Gasteiger charge is -2.27. The normalized spacial score (nSPS) is 13.5. The highest BCUT2D eigenvalue weighted by molar-refractivity contribution is 9.10. The smallest absolute Gasteiger partial charge is 0.0175 e. The maximum atomic E-state index is 3.62. The Hall–Kier alpha value is -0.380. The molecule has 0 radical (unpaired) electrons. The van der Waals surface area contributed by atoms with Crippen LogP contribution in [0.2, 0.25) is 0 Å². The summed E-state index contributed by atoms with van der Waals surface area (Å²) in [5, 5.41) is 6.88. The Morgan fingerprint density at radius 2 is 1.79 bits per heavy atom. The summed E-state index contributed by atoms with van der Waals surface area (Å²) in [7, 11) is 2.02. The van der Waals surface area contributed by atoms with Crippen LogP contribution >= 0.6 is 15.9 Å². The van der Waals surface area contributed by atoms with Gasteiger partial charge < -0.3 is 10.6 Å². The average Bonchev–Trinajstić information content (AvgIpc) is 2.38. The zero-order chi connectivity index (χ0) is 14.3. The van der Waals surface area contributed by atoms with Crippen LogP contribution in [0.4, 0.5) is 0 Å². The monoisotopic (exact) mass is 326 g/mol. The van der Waals surface area contributed by atoms with Crippen molar-refractivity contribution in [1.29, 1.82) is 0 Å². The number of hydrogen-bond donors (Lipinski definition) is 2. The highest BCUT2D eigenvalue weighted by Crippen LogP contribution is 2.24. The van der Waals surface area contributed by atoms with Gasteiger partial charge in [0.2, 0.25) is 0 Å². The van der Waals surface area contributed by atoms with Gasteiger partial charge in [0.05, 0.1) is 0 Å². The second kappa shape index (κ2) is 8.03. The van der Waals surface area contributed by atoms with E-state index >= 15 is 0 Å². The zero-order valence-electron chi connectivity index (χ0n) is 12.6. The van der Waals surface area contributed by atoms with Crippen molar-refractivity contribution in [2.24, 2.45) is 5.92 Å². The highest BCUT2D eigenvalue weighted by Gasteiger charge is 2.20. The Bertz CT molecular complexity index is 360. The van der Waals surface area contributed by atoms with Crippen molar-refractivity contribution in [1.82, 2.24) is 10.6 Å². The minimum Gasteiger partial charge on any atom is -0.319 e. The van der Waals surface area contributed by atoms with E-state index in [-0.39, 0.29) is 5.41 Å². The molecule has 1 aromatic carbocycles. The molecule has 0 heterocycles. The lowest BCUT2D eigenvalue weighted by molar-refractivity contribution is 0.402. The fourth-order valence-electron chi connectivity index (χ4n) is 2.24. The first-order chi connectivity index (χ1) is 8.99. The summed E-state index contributed by atoms with van der Waals surface area (Å²) in [6.07, 6.45) is 1.21. The second-order valence-electron chi connectivity index (χ2n) is 5.85. The Morgan fingerprint density at radius 3 is 2.32 bits per heavy atom. The van der Waals surface area contributed by atoms with Crippen molar-refractivity contribution in [2.45, 2.75) is 32.6 Å². The molecule has 0 saturated carbocycles. The molecule has 0 fully saturated rings. The van der Waals surface area contributed by atoms with Crippen molar-refractivity contribution in [3.8, 4) is 0 Å². The molecule has 0 aliphatic rings. The first kappa shape index (κ1) is 16.7. The molecule has 2 nitrogen and oxygen atoms in total. The molecule has 1 atom stereocenters. The molecule has 0 bridgehead atoms. The molecule has 2 N–H and O–H groups in total. The van der Waals surface area contributed by atoms with E-state index in [2.05, 4.69) is 71.6 Å². The van der Waals surface area contributed by atoms with Crippen LogP contribution in [0.25, 0.3) is 0 Å². The molecule has 3 heteroatoms. The van der Waals surface area contributed by atoms with Crippen LogP contribution in [0.5, 0.6) is 0 Å². The standard InChI is InChI=1S/C16H27BrN2/c1-5-13(10-18-4)11-19-12-16(2,3)14-6-8-15(17)9-7-14/h6-9,13,18-19H,5,10-12H2,1-4H3. The minimum absolute atomic E-state index is 0.165. The van der Waals surface area contributed by atoms with Gasteiger partial charge in [0.1, 0.15) is 0 Å². The average molecular weight is 327 g/mol. The Morgan fingerprint density at radius 1 is 1.16 bits per heavy atom. The van der Waals surface area contributed by atoms with Crippen molar-refractivity contribution in [3.05, 3.63) is 34.3 Å².